The van der Waals surface area contributed by atoms with Crippen molar-refractivity contribution in [3.8, 4) is 0 Å². The fraction of sp³-hybridized carbons (Fsp3) is 0.154. The van der Waals surface area contributed by atoms with Crippen molar-refractivity contribution in [3.63, 3.8) is 0 Å². The number of nitrogens with zero attached hydrogens (tertiary/aromatic N) is 2. The van der Waals surface area contributed by atoms with Gasteiger partial charge in [0.2, 0.25) is 0 Å². The molecule has 0 aliphatic carbocycles. The molecule has 0 atom stereocenters. The van der Waals surface area contributed by atoms with Crippen LogP contribution in [0.5, 0.6) is 0 Å². The van der Waals surface area contributed by atoms with Crippen molar-refractivity contribution in [2.45, 2.75) is 13.8 Å². The van der Waals surface area contributed by atoms with Gasteiger partial charge in [0.15, 0.2) is 0 Å². The molecule has 2 aromatic heterocycles. The molecule has 0 radical (unpaired) electrons. The predicted molar refractivity (Wildman–Crippen MR) is 73.6 cm³/mol. The average Bonchev–Trinajstić information content (AvgIpc) is 2.34. The van der Waals surface area contributed by atoms with Crippen LogP contribution in [0.25, 0.3) is 0 Å². The summed E-state index contributed by atoms with van der Waals surface area (Å²) in [6.45, 7) is 3.79. The van der Waals surface area contributed by atoms with Crippen molar-refractivity contribution >= 4 is 27.7 Å². The van der Waals surface area contributed by atoms with Crippen LogP contribution < -0.4 is 5.32 Å². The Morgan fingerprint density at radius 3 is 2.72 bits per heavy atom. The minimum atomic E-state index is -0.248. The Hall–Kier alpha value is -1.75. The van der Waals surface area contributed by atoms with Crippen molar-refractivity contribution in [3.05, 3.63) is 51.9 Å². The predicted octanol–water partition coefficient (Wildman–Crippen LogP) is 3.11. The van der Waals surface area contributed by atoms with Crippen molar-refractivity contribution in [2.75, 3.05) is 5.32 Å². The number of nitrogens with one attached hydrogen (secondary N) is 1. The molecule has 0 unspecified atom stereocenters. The summed E-state index contributed by atoms with van der Waals surface area (Å²) in [5.74, 6) is 0.271. The van der Waals surface area contributed by atoms with E-state index in [1.807, 2.05) is 19.9 Å². The molecule has 0 aromatic carbocycles. The summed E-state index contributed by atoms with van der Waals surface area (Å²) in [7, 11) is 0. The minimum Gasteiger partial charge on any atom is -0.305 e. The number of amides is 1. The van der Waals surface area contributed by atoms with Gasteiger partial charge in [-0.25, -0.2) is 4.98 Å². The number of halogens is 1. The topological polar surface area (TPSA) is 54.9 Å². The lowest BCUT2D eigenvalue weighted by Gasteiger charge is -2.07. The Kier molecular flexibility index (Phi) is 3.72. The second-order valence-electron chi connectivity index (χ2n) is 3.94. The zero-order valence-electron chi connectivity index (χ0n) is 10.1. The van der Waals surface area contributed by atoms with Gasteiger partial charge in [0, 0.05) is 16.9 Å². The first-order chi connectivity index (χ1) is 8.58. The van der Waals surface area contributed by atoms with E-state index in [1.54, 1.807) is 24.5 Å². The zero-order valence-corrected chi connectivity index (χ0v) is 11.7. The van der Waals surface area contributed by atoms with Crippen LogP contribution in [0.2, 0.25) is 0 Å². The minimum absolute atomic E-state index is 0.248. The van der Waals surface area contributed by atoms with E-state index in [0.29, 0.717) is 11.5 Å². The highest BCUT2D eigenvalue weighted by molar-refractivity contribution is 9.10. The van der Waals surface area contributed by atoms with E-state index in [2.05, 4.69) is 31.2 Å². The molecule has 2 heterocycles. The zero-order chi connectivity index (χ0) is 13.1. The SMILES string of the molecule is Cc1cc(NC(=O)c2ncccc2C)ncc1Br. The third-order valence-corrected chi connectivity index (χ3v) is 3.34. The van der Waals surface area contributed by atoms with Gasteiger partial charge < -0.3 is 5.32 Å². The summed E-state index contributed by atoms with van der Waals surface area (Å²) in [4.78, 5) is 20.2. The first-order valence-electron chi connectivity index (χ1n) is 5.43. The fourth-order valence-corrected chi connectivity index (χ4v) is 1.72. The number of hydrogen-bond acceptors (Lipinski definition) is 3. The highest BCUT2D eigenvalue weighted by Gasteiger charge is 2.11. The summed E-state index contributed by atoms with van der Waals surface area (Å²) < 4.78 is 0.912. The van der Waals surface area contributed by atoms with Gasteiger partial charge in [-0.05, 0) is 53.0 Å². The van der Waals surface area contributed by atoms with Gasteiger partial charge in [-0.15, -0.1) is 0 Å². The highest BCUT2D eigenvalue weighted by Crippen LogP contribution is 2.17. The molecule has 0 aliphatic heterocycles. The van der Waals surface area contributed by atoms with Crippen LogP contribution in [-0.2, 0) is 0 Å². The molecule has 0 saturated heterocycles. The van der Waals surface area contributed by atoms with Crippen LogP contribution in [0.4, 0.5) is 5.82 Å². The maximum atomic E-state index is 12.0. The van der Waals surface area contributed by atoms with Gasteiger partial charge in [-0.2, -0.15) is 0 Å². The largest absolute Gasteiger partial charge is 0.305 e. The number of anilines is 1. The van der Waals surface area contributed by atoms with Crippen LogP contribution in [0.3, 0.4) is 0 Å². The molecular weight excluding hydrogens is 294 g/mol. The average molecular weight is 306 g/mol. The maximum absolute atomic E-state index is 12.0. The van der Waals surface area contributed by atoms with E-state index in [9.17, 15) is 4.79 Å². The summed E-state index contributed by atoms with van der Waals surface area (Å²) in [5.41, 5.74) is 2.27. The van der Waals surface area contributed by atoms with Gasteiger partial charge in [-0.1, -0.05) is 6.07 Å². The Labute approximate surface area is 114 Å². The Balaban J connectivity index is 2.22. The number of rotatable bonds is 2. The Morgan fingerprint density at radius 1 is 1.28 bits per heavy atom. The maximum Gasteiger partial charge on any atom is 0.275 e. The number of pyridine rings is 2. The second-order valence-corrected chi connectivity index (χ2v) is 4.80. The third-order valence-electron chi connectivity index (χ3n) is 2.51. The van der Waals surface area contributed by atoms with Crippen LogP contribution in [0.15, 0.2) is 35.1 Å². The van der Waals surface area contributed by atoms with E-state index in [1.165, 1.54) is 0 Å². The van der Waals surface area contributed by atoms with Crippen molar-refractivity contribution in [1.82, 2.24) is 9.97 Å². The fourth-order valence-electron chi connectivity index (χ4n) is 1.51. The highest BCUT2D eigenvalue weighted by atomic mass is 79.9. The molecule has 18 heavy (non-hydrogen) atoms. The molecule has 1 N–H and O–H groups in total. The van der Waals surface area contributed by atoms with Gasteiger partial charge in [0.25, 0.3) is 5.91 Å². The molecule has 0 saturated carbocycles. The first kappa shape index (κ1) is 12.7. The summed E-state index contributed by atoms with van der Waals surface area (Å²) in [6, 6.07) is 5.45. The molecule has 1 amide bonds. The van der Waals surface area contributed by atoms with Crippen LogP contribution >= 0.6 is 15.9 Å². The van der Waals surface area contributed by atoms with Crippen LogP contribution in [0, 0.1) is 13.8 Å². The molecule has 4 nitrogen and oxygen atoms in total. The molecular formula is C13H12BrN3O. The Bertz CT molecular complexity index is 599. The number of aryl methyl sites for hydroxylation is 2. The number of carbonyl (C=O) groups is 1. The molecule has 0 fully saturated rings. The van der Waals surface area contributed by atoms with Crippen LogP contribution in [0.1, 0.15) is 21.6 Å². The summed E-state index contributed by atoms with van der Waals surface area (Å²) >= 11 is 3.36. The molecule has 0 aliphatic rings. The van der Waals surface area contributed by atoms with E-state index in [-0.39, 0.29) is 5.91 Å². The monoisotopic (exact) mass is 305 g/mol. The molecule has 2 rings (SSSR count). The normalized spacial score (nSPS) is 10.2. The smallest absolute Gasteiger partial charge is 0.275 e. The first-order valence-corrected chi connectivity index (χ1v) is 6.22. The van der Waals surface area contributed by atoms with E-state index < -0.39 is 0 Å². The van der Waals surface area contributed by atoms with Gasteiger partial charge in [0.05, 0.1) is 0 Å². The molecule has 0 spiro atoms. The molecule has 2 aromatic rings. The van der Waals surface area contributed by atoms with E-state index >= 15 is 0 Å². The molecule has 92 valence electrons. The number of carbonyl (C=O) groups excluding carboxylic acids is 1. The number of aromatic nitrogens is 2. The summed E-state index contributed by atoms with van der Waals surface area (Å²) in [5, 5.41) is 2.73. The summed E-state index contributed by atoms with van der Waals surface area (Å²) in [6.07, 6.45) is 3.26. The van der Waals surface area contributed by atoms with Gasteiger partial charge in [0.1, 0.15) is 11.5 Å². The van der Waals surface area contributed by atoms with Crippen molar-refractivity contribution in [2.24, 2.45) is 0 Å². The van der Waals surface area contributed by atoms with E-state index in [4.69, 9.17) is 0 Å². The molecule has 0 bridgehead atoms. The van der Waals surface area contributed by atoms with Crippen molar-refractivity contribution < 1.29 is 4.79 Å². The van der Waals surface area contributed by atoms with E-state index in [0.717, 1.165) is 15.6 Å². The quantitative estimate of drug-likeness (QED) is 0.927. The lowest BCUT2D eigenvalue weighted by molar-refractivity contribution is 0.102. The van der Waals surface area contributed by atoms with Gasteiger partial charge >= 0.3 is 0 Å². The Morgan fingerprint density at radius 2 is 2.06 bits per heavy atom. The second kappa shape index (κ2) is 5.27. The van der Waals surface area contributed by atoms with Crippen molar-refractivity contribution in [1.29, 1.82) is 0 Å². The van der Waals surface area contributed by atoms with Crippen LogP contribution in [-0.4, -0.2) is 15.9 Å². The third kappa shape index (κ3) is 2.73. The standard InChI is InChI=1S/C13H12BrN3O/c1-8-4-3-5-15-12(8)13(18)17-11-6-9(2)10(14)7-16-11/h3-7H,1-2H3,(H,16,17,18). The van der Waals surface area contributed by atoms with Gasteiger partial charge in [-0.3, -0.25) is 9.78 Å². The molecule has 5 heteroatoms. The number of hydrogen-bond donors (Lipinski definition) is 1. The lowest BCUT2D eigenvalue weighted by atomic mass is 10.2. The lowest BCUT2D eigenvalue weighted by Crippen LogP contribution is -2.16.